The van der Waals surface area contributed by atoms with E-state index in [1.54, 1.807) is 0 Å². The monoisotopic (exact) mass is 345 g/mol. The molecule has 0 spiro atoms. The first-order valence-electron chi connectivity index (χ1n) is 7.08. The van der Waals surface area contributed by atoms with Gasteiger partial charge in [0.25, 0.3) is 0 Å². The van der Waals surface area contributed by atoms with Crippen molar-refractivity contribution in [3.63, 3.8) is 0 Å². The molecule has 3 aliphatic rings. The second-order valence-corrected chi connectivity index (χ2v) is 8.05. The Labute approximate surface area is 132 Å². The van der Waals surface area contributed by atoms with Gasteiger partial charge in [0.15, 0.2) is 0 Å². The van der Waals surface area contributed by atoms with Crippen LogP contribution in [-0.2, 0) is 13.8 Å². The van der Waals surface area contributed by atoms with Crippen LogP contribution in [0.4, 0.5) is 17.3 Å². The summed E-state index contributed by atoms with van der Waals surface area (Å²) < 4.78 is 16.5. The van der Waals surface area contributed by atoms with Crippen LogP contribution in [0, 0.1) is 0 Å². The van der Waals surface area contributed by atoms with Crippen LogP contribution < -0.4 is 16.0 Å². The number of aliphatic hydroxyl groups is 2. The number of nitrogens with zero attached hydrogens (tertiary/aromatic N) is 3. The Balaban J connectivity index is 1.64. The molecule has 1 aromatic heterocycles. The molecule has 0 aliphatic carbocycles. The molecule has 2 fully saturated rings. The van der Waals surface area contributed by atoms with Crippen LogP contribution in [0.1, 0.15) is 0 Å². The second-order valence-electron chi connectivity index (χ2n) is 5.73. The van der Waals surface area contributed by atoms with Crippen LogP contribution in [0.3, 0.4) is 0 Å². The summed E-state index contributed by atoms with van der Waals surface area (Å²) in [7, 11) is -1.80. The number of fused-ring (bicyclic) bond motifs is 2. The van der Waals surface area contributed by atoms with Gasteiger partial charge < -0.3 is 0 Å². The maximum absolute atomic E-state index is 10.5. The van der Waals surface area contributed by atoms with Gasteiger partial charge in [-0.05, 0) is 0 Å². The molecule has 4 unspecified atom stereocenters. The van der Waals surface area contributed by atoms with E-state index in [1.807, 2.05) is 0 Å². The van der Waals surface area contributed by atoms with Gasteiger partial charge in [-0.2, -0.15) is 0 Å². The fourth-order valence-corrected chi connectivity index (χ4v) is 4.39. The zero-order valence-corrected chi connectivity index (χ0v) is 13.2. The molecular weight excluding hydrogens is 328 g/mol. The predicted molar refractivity (Wildman–Crippen MR) is 83.1 cm³/mol. The van der Waals surface area contributed by atoms with Crippen molar-refractivity contribution >= 4 is 32.7 Å². The molecule has 5 atom stereocenters. The van der Waals surface area contributed by atoms with Gasteiger partial charge in [0.2, 0.25) is 0 Å². The average Bonchev–Trinajstić information content (AvgIpc) is 2.97. The summed E-state index contributed by atoms with van der Waals surface area (Å²) in [6.45, 7) is 0.105. The number of ether oxygens (including phenoxy) is 1. The molecule has 2 saturated heterocycles. The van der Waals surface area contributed by atoms with Crippen molar-refractivity contribution in [1.29, 1.82) is 0 Å². The number of aromatic nitrogens is 2. The molecule has 4 heterocycles. The number of hydrogen-bond donors (Lipinski definition) is 5. The standard InChI is InChI=1S/C10H17BN5O6P/c11-23(19)20-1-3-6(22-23)5(17)9(21-3)16-8-4(15-10(16)18)7(12)13-2-14-8/h2-3,5-6,9-10,15,17-19,23H,1,11H2,(H2,12,13,14)/t3?,5?,6-,9?,10?/m1/s1. The van der Waals surface area contributed by atoms with E-state index in [1.165, 1.54) is 18.8 Å². The summed E-state index contributed by atoms with van der Waals surface area (Å²) in [5.41, 5.74) is 6.12. The van der Waals surface area contributed by atoms with Crippen LogP contribution in [0.2, 0.25) is 0 Å². The Morgan fingerprint density at radius 3 is 3.00 bits per heavy atom. The number of nitrogens with two attached hydrogens (primary N) is 1. The summed E-state index contributed by atoms with van der Waals surface area (Å²) in [4.78, 5) is 19.2. The van der Waals surface area contributed by atoms with E-state index >= 15 is 0 Å². The van der Waals surface area contributed by atoms with Gasteiger partial charge >= 0.3 is 131 Å². The van der Waals surface area contributed by atoms with Gasteiger partial charge in [0.1, 0.15) is 0 Å². The van der Waals surface area contributed by atoms with Gasteiger partial charge in [-0.1, -0.05) is 0 Å². The summed E-state index contributed by atoms with van der Waals surface area (Å²) in [5, 5.41) is 23.5. The van der Waals surface area contributed by atoms with Crippen LogP contribution in [0.5, 0.6) is 0 Å². The third-order valence-corrected chi connectivity index (χ3v) is 5.50. The topological polar surface area (TPSA) is 155 Å². The first-order valence-corrected chi connectivity index (χ1v) is 9.35. The quantitative estimate of drug-likeness (QED) is 0.263. The summed E-state index contributed by atoms with van der Waals surface area (Å²) in [5.74, 6) is 0.494. The van der Waals surface area contributed by atoms with E-state index in [0.717, 1.165) is 0 Å². The first-order chi connectivity index (χ1) is 10.9. The molecule has 1 aromatic rings. The molecular formula is C10H17BN5O6P. The third-order valence-electron chi connectivity index (χ3n) is 4.09. The summed E-state index contributed by atoms with van der Waals surface area (Å²) in [6, 6.07) is 0. The molecule has 0 saturated carbocycles. The fraction of sp³-hybridized carbons (Fsp3) is 0.600. The zero-order valence-electron chi connectivity index (χ0n) is 12.2. The van der Waals surface area contributed by atoms with E-state index in [4.69, 9.17) is 19.5 Å². The van der Waals surface area contributed by atoms with Crippen molar-refractivity contribution in [2.24, 2.45) is 0 Å². The third kappa shape index (κ3) is 2.34. The summed E-state index contributed by atoms with van der Waals surface area (Å²) >= 11 is 0. The molecule has 6 N–H and O–H groups in total. The van der Waals surface area contributed by atoms with Crippen LogP contribution >= 0.6 is 7.82 Å². The number of nitrogen functional groups attached to an aromatic ring is 1. The zero-order chi connectivity index (χ0) is 16.4. The second kappa shape index (κ2) is 5.11. The van der Waals surface area contributed by atoms with E-state index in [2.05, 4.69) is 15.3 Å². The van der Waals surface area contributed by atoms with Gasteiger partial charge in [0.05, 0.1) is 0 Å². The number of hydrogen-bond acceptors (Lipinski definition) is 11. The molecule has 11 nitrogen and oxygen atoms in total. The first kappa shape index (κ1) is 15.3. The van der Waals surface area contributed by atoms with Crippen LogP contribution in [-0.4, -0.2) is 70.1 Å². The molecule has 0 radical (unpaired) electrons. The molecule has 13 heteroatoms. The normalized spacial score (nSPS) is 39.4. The Hall–Kier alpha value is -1.27. The van der Waals surface area contributed by atoms with E-state index < -0.39 is 38.7 Å². The van der Waals surface area contributed by atoms with Gasteiger partial charge in [0, 0.05) is 0 Å². The van der Waals surface area contributed by atoms with Crippen LogP contribution in [0.25, 0.3) is 0 Å². The molecule has 23 heavy (non-hydrogen) atoms. The number of aliphatic hydroxyl groups excluding tert-OH is 2. The average molecular weight is 345 g/mol. The van der Waals surface area contributed by atoms with E-state index in [9.17, 15) is 15.1 Å². The predicted octanol–water partition coefficient (Wildman–Crippen LogP) is -2.90. The molecule has 3 aliphatic heterocycles. The Morgan fingerprint density at radius 1 is 1.43 bits per heavy atom. The molecule has 4 rings (SSSR count). The minimum atomic E-state index is -3.27. The van der Waals surface area contributed by atoms with E-state index in [0.29, 0.717) is 11.5 Å². The van der Waals surface area contributed by atoms with E-state index in [-0.39, 0.29) is 12.4 Å². The number of anilines is 3. The van der Waals surface area contributed by atoms with Gasteiger partial charge in [-0.25, -0.2) is 0 Å². The number of nitrogens with one attached hydrogen (secondary N) is 1. The fourth-order valence-electron chi connectivity index (χ4n) is 3.05. The van der Waals surface area contributed by atoms with Crippen molar-refractivity contribution in [2.75, 3.05) is 22.6 Å². The van der Waals surface area contributed by atoms with Gasteiger partial charge in [-0.3, -0.25) is 0 Å². The van der Waals surface area contributed by atoms with Crippen molar-refractivity contribution in [3.8, 4) is 0 Å². The Kier molecular flexibility index (Phi) is 3.40. The maximum atomic E-state index is 10.5. The molecule has 126 valence electrons. The van der Waals surface area contributed by atoms with Crippen LogP contribution in [0.15, 0.2) is 6.33 Å². The Bertz CT molecular complexity index is 640. The van der Waals surface area contributed by atoms with Crippen molar-refractivity contribution in [2.45, 2.75) is 30.9 Å². The van der Waals surface area contributed by atoms with Crippen molar-refractivity contribution in [3.05, 3.63) is 6.33 Å². The minimum absolute atomic E-state index is 0.105. The Morgan fingerprint density at radius 2 is 2.22 bits per heavy atom. The van der Waals surface area contributed by atoms with Crippen molar-refractivity contribution in [1.82, 2.24) is 9.97 Å². The molecule has 0 amide bonds. The SMILES string of the molecule is B[PH]1(O)OCC2OC(N3c4ncnc(N)c4NC3O)C(O)[C@@H]2O1. The summed E-state index contributed by atoms with van der Waals surface area (Å²) in [6.07, 6.45) is -3.28. The van der Waals surface area contributed by atoms with Gasteiger partial charge in [-0.15, -0.1) is 0 Å². The molecule has 0 bridgehead atoms. The van der Waals surface area contributed by atoms with Crippen molar-refractivity contribution < 1.29 is 28.9 Å². The molecule has 0 aromatic carbocycles. The number of rotatable bonds is 1.